The van der Waals surface area contributed by atoms with Crippen LogP contribution in [0.4, 0.5) is 0 Å². The van der Waals surface area contributed by atoms with Crippen LogP contribution in [0.5, 0.6) is 0 Å². The molecule has 0 spiro atoms. The predicted octanol–water partition coefficient (Wildman–Crippen LogP) is 2.11. The van der Waals surface area contributed by atoms with Crippen molar-refractivity contribution in [1.29, 1.82) is 0 Å². The summed E-state index contributed by atoms with van der Waals surface area (Å²) in [7, 11) is 0. The van der Waals surface area contributed by atoms with Crippen LogP contribution in [0, 0.1) is 6.92 Å². The molecule has 0 unspecified atom stereocenters. The third-order valence-electron chi connectivity index (χ3n) is 4.31. The number of hydrogen-bond donors (Lipinski definition) is 0. The van der Waals surface area contributed by atoms with Crippen molar-refractivity contribution in [2.24, 2.45) is 0 Å². The number of benzene rings is 1. The Balaban J connectivity index is 1.66. The topological polar surface area (TPSA) is 66.4 Å². The van der Waals surface area contributed by atoms with Gasteiger partial charge in [-0.05, 0) is 30.9 Å². The second-order valence-corrected chi connectivity index (χ2v) is 6.74. The summed E-state index contributed by atoms with van der Waals surface area (Å²) in [6, 6.07) is 5.95. The van der Waals surface area contributed by atoms with E-state index in [2.05, 4.69) is 9.97 Å². The summed E-state index contributed by atoms with van der Waals surface area (Å²) in [4.78, 5) is 37.8. The van der Waals surface area contributed by atoms with Gasteiger partial charge in [0.05, 0.1) is 6.20 Å². The zero-order valence-electron chi connectivity index (χ0n) is 14.3. The second kappa shape index (κ2) is 7.65. The van der Waals surface area contributed by atoms with Crippen molar-refractivity contribution >= 4 is 23.6 Å². The normalized spacial score (nSPS) is 14.5. The maximum absolute atomic E-state index is 12.8. The summed E-state index contributed by atoms with van der Waals surface area (Å²) in [5.74, 6) is -0.110. The monoisotopic (exact) mass is 356 g/mol. The van der Waals surface area contributed by atoms with Crippen molar-refractivity contribution in [3.8, 4) is 0 Å². The zero-order valence-corrected chi connectivity index (χ0v) is 15.1. The van der Waals surface area contributed by atoms with Crippen LogP contribution < -0.4 is 0 Å². The molecular formula is C18H20N4O2S. The number of hydrogen-bond acceptors (Lipinski definition) is 5. The second-order valence-electron chi connectivity index (χ2n) is 5.86. The molecule has 0 atom stereocenters. The summed E-state index contributed by atoms with van der Waals surface area (Å²) >= 11 is 1.62. The van der Waals surface area contributed by atoms with Crippen molar-refractivity contribution in [2.75, 3.05) is 32.4 Å². The fourth-order valence-electron chi connectivity index (χ4n) is 2.81. The van der Waals surface area contributed by atoms with Crippen LogP contribution in [-0.2, 0) is 0 Å². The van der Waals surface area contributed by atoms with Gasteiger partial charge in [0.15, 0.2) is 0 Å². The number of rotatable bonds is 3. The van der Waals surface area contributed by atoms with Gasteiger partial charge in [0.2, 0.25) is 0 Å². The number of aromatic nitrogens is 2. The number of amides is 2. The van der Waals surface area contributed by atoms with E-state index in [0.29, 0.717) is 31.9 Å². The van der Waals surface area contributed by atoms with E-state index < -0.39 is 0 Å². The van der Waals surface area contributed by atoms with E-state index >= 15 is 0 Å². The van der Waals surface area contributed by atoms with Gasteiger partial charge >= 0.3 is 0 Å². The lowest BCUT2D eigenvalue weighted by Crippen LogP contribution is -2.50. The number of nitrogens with zero attached hydrogens (tertiary/aromatic N) is 4. The quantitative estimate of drug-likeness (QED) is 0.788. The molecule has 1 aromatic carbocycles. The summed E-state index contributed by atoms with van der Waals surface area (Å²) in [5.41, 5.74) is 2.05. The Labute approximate surface area is 151 Å². The average molecular weight is 356 g/mol. The number of aryl methyl sites for hydroxylation is 1. The summed E-state index contributed by atoms with van der Waals surface area (Å²) < 4.78 is 0. The number of piperazine rings is 1. The molecule has 2 heterocycles. The van der Waals surface area contributed by atoms with Gasteiger partial charge < -0.3 is 9.80 Å². The van der Waals surface area contributed by atoms with Gasteiger partial charge in [0.25, 0.3) is 11.8 Å². The van der Waals surface area contributed by atoms with Crippen LogP contribution in [0.15, 0.2) is 41.7 Å². The SMILES string of the molecule is CSc1ccc(C)c(C(=O)N2CCN(C(=O)c3cnccn3)CC2)c1. The highest BCUT2D eigenvalue weighted by Crippen LogP contribution is 2.21. The maximum atomic E-state index is 12.8. The van der Waals surface area contributed by atoms with E-state index in [1.54, 1.807) is 22.9 Å². The van der Waals surface area contributed by atoms with E-state index in [9.17, 15) is 9.59 Å². The summed E-state index contributed by atoms with van der Waals surface area (Å²) in [6.07, 6.45) is 6.51. The fraction of sp³-hybridized carbons (Fsp3) is 0.333. The van der Waals surface area contributed by atoms with Crippen molar-refractivity contribution in [2.45, 2.75) is 11.8 Å². The lowest BCUT2D eigenvalue weighted by Gasteiger charge is -2.34. The Morgan fingerprint density at radius 1 is 1.04 bits per heavy atom. The highest BCUT2D eigenvalue weighted by molar-refractivity contribution is 7.98. The van der Waals surface area contributed by atoms with Crippen molar-refractivity contribution in [1.82, 2.24) is 19.8 Å². The van der Waals surface area contributed by atoms with Gasteiger partial charge in [-0.25, -0.2) is 4.98 Å². The third kappa shape index (κ3) is 3.82. The highest BCUT2D eigenvalue weighted by atomic mass is 32.2. The molecule has 0 saturated carbocycles. The number of thioether (sulfide) groups is 1. The summed E-state index contributed by atoms with van der Waals surface area (Å²) in [5, 5.41) is 0. The molecule has 2 aromatic rings. The maximum Gasteiger partial charge on any atom is 0.274 e. The first-order valence-electron chi connectivity index (χ1n) is 8.09. The van der Waals surface area contributed by atoms with Crippen LogP contribution in [0.3, 0.4) is 0 Å². The summed E-state index contributed by atoms with van der Waals surface area (Å²) in [6.45, 7) is 4.00. The minimum atomic E-state index is -0.138. The molecule has 1 fully saturated rings. The molecule has 1 aromatic heterocycles. The van der Waals surface area contributed by atoms with Crippen LogP contribution in [-0.4, -0.2) is 64.0 Å². The van der Waals surface area contributed by atoms with Crippen molar-refractivity contribution < 1.29 is 9.59 Å². The van der Waals surface area contributed by atoms with E-state index in [4.69, 9.17) is 0 Å². The lowest BCUT2D eigenvalue weighted by atomic mass is 10.1. The molecule has 130 valence electrons. The molecule has 1 saturated heterocycles. The van der Waals surface area contributed by atoms with E-state index in [1.807, 2.05) is 36.3 Å². The Kier molecular flexibility index (Phi) is 5.33. The van der Waals surface area contributed by atoms with Gasteiger partial charge in [0, 0.05) is 49.0 Å². The Bertz CT molecular complexity index is 774. The third-order valence-corrected chi connectivity index (χ3v) is 5.04. The first kappa shape index (κ1) is 17.4. The van der Waals surface area contributed by atoms with Crippen LogP contribution in [0.2, 0.25) is 0 Å². The van der Waals surface area contributed by atoms with Crippen LogP contribution in [0.1, 0.15) is 26.4 Å². The molecular weight excluding hydrogens is 336 g/mol. The largest absolute Gasteiger partial charge is 0.335 e. The van der Waals surface area contributed by atoms with Gasteiger partial charge in [-0.1, -0.05) is 6.07 Å². The highest BCUT2D eigenvalue weighted by Gasteiger charge is 2.26. The van der Waals surface area contributed by atoms with E-state index in [0.717, 1.165) is 16.0 Å². The van der Waals surface area contributed by atoms with E-state index in [1.165, 1.54) is 12.4 Å². The van der Waals surface area contributed by atoms with Gasteiger partial charge in [-0.2, -0.15) is 0 Å². The Morgan fingerprint density at radius 3 is 2.32 bits per heavy atom. The number of carbonyl (C=O) groups excluding carboxylic acids is 2. The van der Waals surface area contributed by atoms with Crippen molar-refractivity contribution in [3.63, 3.8) is 0 Å². The standard InChI is InChI=1S/C18H20N4O2S/c1-13-3-4-14(25-2)11-15(13)17(23)21-7-9-22(10-8-21)18(24)16-12-19-5-6-20-16/h3-6,11-12H,7-10H2,1-2H3. The molecule has 0 bridgehead atoms. The molecule has 2 amide bonds. The molecule has 1 aliphatic heterocycles. The fourth-order valence-corrected chi connectivity index (χ4v) is 3.25. The molecule has 7 heteroatoms. The Morgan fingerprint density at radius 2 is 1.72 bits per heavy atom. The Hall–Kier alpha value is -2.41. The molecule has 0 aliphatic carbocycles. The van der Waals surface area contributed by atoms with E-state index in [-0.39, 0.29) is 11.8 Å². The minimum Gasteiger partial charge on any atom is -0.335 e. The van der Waals surface area contributed by atoms with Crippen LogP contribution in [0.25, 0.3) is 0 Å². The smallest absolute Gasteiger partial charge is 0.274 e. The van der Waals surface area contributed by atoms with Gasteiger partial charge in [-0.15, -0.1) is 11.8 Å². The molecule has 1 aliphatic rings. The number of carbonyl (C=O) groups is 2. The molecule has 25 heavy (non-hydrogen) atoms. The predicted molar refractivity (Wildman–Crippen MR) is 96.8 cm³/mol. The van der Waals surface area contributed by atoms with Gasteiger partial charge in [0.1, 0.15) is 5.69 Å². The lowest BCUT2D eigenvalue weighted by molar-refractivity contribution is 0.0531. The zero-order chi connectivity index (χ0) is 17.8. The van der Waals surface area contributed by atoms with Crippen LogP contribution >= 0.6 is 11.8 Å². The molecule has 0 N–H and O–H groups in total. The van der Waals surface area contributed by atoms with Gasteiger partial charge in [-0.3, -0.25) is 14.6 Å². The average Bonchev–Trinajstić information content (AvgIpc) is 2.68. The first-order valence-corrected chi connectivity index (χ1v) is 9.32. The molecule has 0 radical (unpaired) electrons. The minimum absolute atomic E-state index is 0.0278. The molecule has 6 nitrogen and oxygen atoms in total. The first-order chi connectivity index (χ1) is 12.1. The van der Waals surface area contributed by atoms with Crippen molar-refractivity contribution in [3.05, 3.63) is 53.6 Å². The molecule has 3 rings (SSSR count).